The van der Waals surface area contributed by atoms with Crippen molar-refractivity contribution >= 4 is 11.7 Å². The molecular formula is C13H19N5O2. The minimum Gasteiger partial charge on any atom is -0.394 e. The van der Waals surface area contributed by atoms with Gasteiger partial charge in [0.2, 0.25) is 5.82 Å². The van der Waals surface area contributed by atoms with Gasteiger partial charge >= 0.3 is 0 Å². The fourth-order valence-corrected chi connectivity index (χ4v) is 1.83. The molecule has 0 spiro atoms. The average molecular weight is 277 g/mol. The van der Waals surface area contributed by atoms with E-state index < -0.39 is 11.4 Å². The van der Waals surface area contributed by atoms with E-state index in [2.05, 4.69) is 20.4 Å². The monoisotopic (exact) mass is 277 g/mol. The number of carbonyl (C=O) groups is 1. The van der Waals surface area contributed by atoms with E-state index in [1.54, 1.807) is 6.92 Å². The average Bonchev–Trinajstić information content (AvgIpc) is 2.82. The molecule has 7 nitrogen and oxygen atoms in total. The molecule has 2 rings (SSSR count). The Kier molecular flexibility index (Phi) is 3.71. The number of amides is 1. The summed E-state index contributed by atoms with van der Waals surface area (Å²) < 4.78 is 1.53. The van der Waals surface area contributed by atoms with Gasteiger partial charge in [0, 0.05) is 11.4 Å². The van der Waals surface area contributed by atoms with E-state index in [0.717, 1.165) is 11.4 Å². The van der Waals surface area contributed by atoms with Gasteiger partial charge in [-0.3, -0.25) is 4.79 Å². The summed E-state index contributed by atoms with van der Waals surface area (Å²) in [7, 11) is 0. The van der Waals surface area contributed by atoms with Gasteiger partial charge in [0.15, 0.2) is 0 Å². The number of rotatable bonds is 4. The van der Waals surface area contributed by atoms with Crippen molar-refractivity contribution in [1.29, 1.82) is 0 Å². The van der Waals surface area contributed by atoms with Gasteiger partial charge in [-0.1, -0.05) is 6.92 Å². The molecule has 2 aromatic rings. The summed E-state index contributed by atoms with van der Waals surface area (Å²) in [6.45, 7) is 7.26. The van der Waals surface area contributed by atoms with Crippen molar-refractivity contribution < 1.29 is 9.90 Å². The number of carbonyl (C=O) groups excluding carboxylic acids is 1. The van der Waals surface area contributed by atoms with Crippen molar-refractivity contribution in [3.05, 3.63) is 23.3 Å². The van der Waals surface area contributed by atoms with Crippen LogP contribution in [0, 0.1) is 13.8 Å². The highest BCUT2D eigenvalue weighted by Gasteiger charge is 2.26. The summed E-state index contributed by atoms with van der Waals surface area (Å²) >= 11 is 0. The second-order valence-corrected chi connectivity index (χ2v) is 5.21. The highest BCUT2D eigenvalue weighted by molar-refractivity contribution is 5.91. The van der Waals surface area contributed by atoms with Crippen LogP contribution in [-0.2, 0) is 0 Å². The molecule has 0 aromatic carbocycles. The van der Waals surface area contributed by atoms with Gasteiger partial charge in [-0.2, -0.15) is 4.98 Å². The molecule has 0 saturated carbocycles. The molecule has 2 heterocycles. The molecule has 1 amide bonds. The molecule has 0 fully saturated rings. The first-order chi connectivity index (χ1) is 9.38. The lowest BCUT2D eigenvalue weighted by atomic mass is 10.0. The van der Waals surface area contributed by atoms with Crippen LogP contribution >= 0.6 is 0 Å². The first kappa shape index (κ1) is 14.4. The first-order valence-corrected chi connectivity index (χ1v) is 6.53. The van der Waals surface area contributed by atoms with Crippen LogP contribution in [0.2, 0.25) is 0 Å². The summed E-state index contributed by atoms with van der Waals surface area (Å²) in [5, 5.41) is 16.2. The van der Waals surface area contributed by atoms with Crippen molar-refractivity contribution in [2.75, 3.05) is 6.61 Å². The van der Waals surface area contributed by atoms with Gasteiger partial charge < -0.3 is 10.4 Å². The topological polar surface area (TPSA) is 92.4 Å². The summed E-state index contributed by atoms with van der Waals surface area (Å²) in [6, 6.07) is 1.87. The van der Waals surface area contributed by atoms with Gasteiger partial charge in [0.25, 0.3) is 11.7 Å². The zero-order valence-electron chi connectivity index (χ0n) is 12.1. The molecule has 1 unspecified atom stereocenters. The van der Waals surface area contributed by atoms with Crippen molar-refractivity contribution in [3.8, 4) is 0 Å². The maximum Gasteiger partial charge on any atom is 0.291 e. The molecule has 0 aliphatic heterocycles. The number of aromatic nitrogens is 4. The van der Waals surface area contributed by atoms with Crippen LogP contribution < -0.4 is 5.32 Å². The number of hydrogen-bond donors (Lipinski definition) is 2. The van der Waals surface area contributed by atoms with Crippen molar-refractivity contribution in [2.45, 2.75) is 39.7 Å². The molecule has 20 heavy (non-hydrogen) atoms. The Morgan fingerprint density at radius 3 is 2.75 bits per heavy atom. The van der Waals surface area contributed by atoms with E-state index in [-0.39, 0.29) is 12.4 Å². The van der Waals surface area contributed by atoms with Crippen LogP contribution in [0.5, 0.6) is 0 Å². The number of aliphatic hydroxyl groups is 1. The molecule has 2 aromatic heterocycles. The predicted molar refractivity (Wildman–Crippen MR) is 73.5 cm³/mol. The molecule has 0 radical (unpaired) electrons. The molecular weight excluding hydrogens is 258 g/mol. The van der Waals surface area contributed by atoms with E-state index in [1.165, 1.54) is 4.52 Å². The van der Waals surface area contributed by atoms with Gasteiger partial charge in [-0.25, -0.2) is 9.50 Å². The van der Waals surface area contributed by atoms with E-state index in [4.69, 9.17) is 0 Å². The smallest absolute Gasteiger partial charge is 0.291 e. The maximum atomic E-state index is 12.2. The standard InChI is InChI=1S/C13H19N5O2/c1-5-13(4,7-19)16-11(20)10-15-12-14-8(2)6-9(3)18(12)17-10/h6,19H,5,7H2,1-4H3,(H,16,20). The highest BCUT2D eigenvalue weighted by atomic mass is 16.3. The van der Waals surface area contributed by atoms with E-state index in [0.29, 0.717) is 12.2 Å². The fraction of sp³-hybridized carbons (Fsp3) is 0.538. The van der Waals surface area contributed by atoms with Crippen molar-refractivity contribution in [3.63, 3.8) is 0 Å². The molecule has 2 N–H and O–H groups in total. The molecule has 108 valence electrons. The van der Waals surface area contributed by atoms with Gasteiger partial charge in [0.05, 0.1) is 12.1 Å². The van der Waals surface area contributed by atoms with E-state index in [1.807, 2.05) is 26.8 Å². The quantitative estimate of drug-likeness (QED) is 0.855. The number of hydrogen-bond acceptors (Lipinski definition) is 5. The van der Waals surface area contributed by atoms with Crippen LogP contribution in [0.4, 0.5) is 0 Å². The number of aryl methyl sites for hydroxylation is 2. The van der Waals surface area contributed by atoms with Crippen LogP contribution in [0.25, 0.3) is 5.78 Å². The van der Waals surface area contributed by atoms with Crippen LogP contribution in [0.3, 0.4) is 0 Å². The van der Waals surface area contributed by atoms with E-state index in [9.17, 15) is 9.90 Å². The largest absolute Gasteiger partial charge is 0.394 e. The zero-order chi connectivity index (χ0) is 14.9. The Bertz CT molecular complexity index is 645. The summed E-state index contributed by atoms with van der Waals surface area (Å²) in [6.07, 6.45) is 0.610. The Morgan fingerprint density at radius 2 is 2.15 bits per heavy atom. The SMILES string of the molecule is CCC(C)(CO)NC(=O)c1nc2nc(C)cc(C)n2n1. The molecule has 0 aliphatic rings. The summed E-state index contributed by atoms with van der Waals surface area (Å²) in [5.41, 5.74) is 1.01. The van der Waals surface area contributed by atoms with Gasteiger partial charge in [0.1, 0.15) is 0 Å². The van der Waals surface area contributed by atoms with Gasteiger partial charge in [-0.05, 0) is 33.3 Å². The normalized spacial score (nSPS) is 14.2. The summed E-state index contributed by atoms with van der Waals surface area (Å²) in [5.74, 6) is 0.0418. The number of nitrogens with zero attached hydrogens (tertiary/aromatic N) is 4. The van der Waals surface area contributed by atoms with Crippen LogP contribution in [-0.4, -0.2) is 42.7 Å². The number of aliphatic hydroxyl groups excluding tert-OH is 1. The number of nitrogens with one attached hydrogen (secondary N) is 1. The minimum atomic E-state index is -0.674. The Morgan fingerprint density at radius 1 is 1.45 bits per heavy atom. The molecule has 0 aliphatic carbocycles. The lowest BCUT2D eigenvalue weighted by molar-refractivity contribution is 0.0837. The van der Waals surface area contributed by atoms with Crippen LogP contribution in [0.1, 0.15) is 42.3 Å². The fourth-order valence-electron chi connectivity index (χ4n) is 1.83. The van der Waals surface area contributed by atoms with Crippen molar-refractivity contribution in [1.82, 2.24) is 24.9 Å². The summed E-state index contributed by atoms with van der Waals surface area (Å²) in [4.78, 5) is 20.5. The Balaban J connectivity index is 2.34. The Hall–Kier alpha value is -2.02. The Labute approximate surface area is 117 Å². The zero-order valence-corrected chi connectivity index (χ0v) is 12.1. The minimum absolute atomic E-state index is 0.0549. The van der Waals surface area contributed by atoms with E-state index >= 15 is 0 Å². The molecule has 0 saturated heterocycles. The predicted octanol–water partition coefficient (Wildman–Crippen LogP) is 0.632. The maximum absolute atomic E-state index is 12.2. The van der Waals surface area contributed by atoms with Crippen molar-refractivity contribution in [2.24, 2.45) is 0 Å². The highest BCUT2D eigenvalue weighted by Crippen LogP contribution is 2.10. The molecule has 0 bridgehead atoms. The second-order valence-electron chi connectivity index (χ2n) is 5.21. The third kappa shape index (κ3) is 2.62. The van der Waals surface area contributed by atoms with Gasteiger partial charge in [-0.15, -0.1) is 5.10 Å². The second kappa shape index (κ2) is 5.16. The first-order valence-electron chi connectivity index (χ1n) is 6.53. The third-order valence-corrected chi connectivity index (χ3v) is 3.37. The lowest BCUT2D eigenvalue weighted by Crippen LogP contribution is -2.48. The number of fused-ring (bicyclic) bond motifs is 1. The molecule has 1 atom stereocenters. The third-order valence-electron chi connectivity index (χ3n) is 3.37. The molecule has 7 heteroatoms. The van der Waals surface area contributed by atoms with Crippen LogP contribution in [0.15, 0.2) is 6.07 Å². The lowest BCUT2D eigenvalue weighted by Gasteiger charge is -2.26.